The summed E-state index contributed by atoms with van der Waals surface area (Å²) in [6.45, 7) is 4.11. The molecule has 4 rings (SSSR count). The third-order valence-corrected chi connectivity index (χ3v) is 8.94. The van der Waals surface area contributed by atoms with Gasteiger partial charge in [0.25, 0.3) is 5.91 Å². The number of carbonyl (C=O) groups is 4. The number of imidazole rings is 1. The summed E-state index contributed by atoms with van der Waals surface area (Å²) in [6.07, 6.45) is 5.44. The minimum absolute atomic E-state index is 0.0265. The largest absolute Gasteiger partial charge is 0.394 e. The standard InChI is InChI=1S/C39H52N8O6/c1-25(2)18-32(35(49)21-36(50)44-28(23-48)13-5-7-16-40)45-39(53)34(20-29-22-41-24-43-29)47-38(52)33(46-37(51)31-15-6-8-17-42-31)19-27-12-9-11-26-10-3-4-14-30(26)27/h3-4,6,8-12,14-15,17,22,24-25,28,32-35,48-49H,5,7,13,16,18-21,23,40H2,1-2H3,(H,41,43)(H,44,50)(H,45,53)(H,46,51)(H,47,52)/t28-,32-,33-,34-,35-/m0/s1. The molecule has 0 bridgehead atoms. The van der Waals surface area contributed by atoms with E-state index < -0.39 is 53.9 Å². The highest BCUT2D eigenvalue weighted by Crippen LogP contribution is 2.20. The van der Waals surface area contributed by atoms with Crippen molar-refractivity contribution in [3.05, 3.63) is 96.3 Å². The van der Waals surface area contributed by atoms with E-state index in [1.54, 1.807) is 24.4 Å². The molecular formula is C39H52N8O6. The van der Waals surface area contributed by atoms with E-state index in [1.165, 1.54) is 12.5 Å². The fraction of sp³-hybridized carbons (Fsp3) is 0.436. The third kappa shape index (κ3) is 12.8. The van der Waals surface area contributed by atoms with E-state index in [2.05, 4.69) is 36.2 Å². The van der Waals surface area contributed by atoms with Crippen LogP contribution in [0.4, 0.5) is 0 Å². The molecule has 14 heteroatoms. The topological polar surface area (TPSA) is 224 Å². The number of nitrogens with two attached hydrogens (primary N) is 1. The summed E-state index contributed by atoms with van der Waals surface area (Å²) in [5, 5.41) is 34.2. The number of aromatic nitrogens is 3. The Labute approximate surface area is 309 Å². The maximum absolute atomic E-state index is 14.2. The molecule has 53 heavy (non-hydrogen) atoms. The molecule has 0 radical (unpaired) electrons. The number of nitrogens with zero attached hydrogens (tertiary/aromatic N) is 2. The molecule has 2 aromatic heterocycles. The van der Waals surface area contributed by atoms with E-state index in [0.29, 0.717) is 25.1 Å². The van der Waals surface area contributed by atoms with Crippen LogP contribution in [0.2, 0.25) is 0 Å². The van der Waals surface area contributed by atoms with Gasteiger partial charge >= 0.3 is 0 Å². The van der Waals surface area contributed by atoms with Crippen molar-refractivity contribution in [2.24, 2.45) is 11.7 Å². The maximum atomic E-state index is 14.2. The van der Waals surface area contributed by atoms with E-state index in [-0.39, 0.29) is 37.5 Å². The number of fused-ring (bicyclic) bond motifs is 1. The van der Waals surface area contributed by atoms with E-state index >= 15 is 0 Å². The Kier molecular flexibility index (Phi) is 15.9. The second-order valence-corrected chi connectivity index (χ2v) is 13.7. The quantitative estimate of drug-likeness (QED) is 0.0586. The second-order valence-electron chi connectivity index (χ2n) is 13.7. The number of aromatic amines is 1. The SMILES string of the molecule is CC(C)C[C@H](NC(=O)[C@H](Cc1cnc[nH]1)NC(=O)[C@H](Cc1cccc2ccccc12)NC(=O)c1ccccn1)[C@@H](O)CC(=O)N[C@H](CO)CCCCN. The van der Waals surface area contributed by atoms with Crippen molar-refractivity contribution < 1.29 is 29.4 Å². The molecule has 0 fully saturated rings. The summed E-state index contributed by atoms with van der Waals surface area (Å²) in [6, 6.07) is 14.8. The number of hydrogen-bond donors (Lipinski definition) is 8. The number of carbonyl (C=O) groups excluding carboxylic acids is 4. The molecule has 0 aliphatic heterocycles. The first kappa shape index (κ1) is 40.6. The number of H-pyrrole nitrogens is 1. The minimum Gasteiger partial charge on any atom is -0.394 e. The molecule has 0 unspecified atom stereocenters. The van der Waals surface area contributed by atoms with Crippen molar-refractivity contribution in [1.29, 1.82) is 0 Å². The van der Waals surface area contributed by atoms with Crippen LogP contribution in [0.1, 0.15) is 67.7 Å². The molecule has 0 aliphatic carbocycles. The van der Waals surface area contributed by atoms with Gasteiger partial charge in [0.15, 0.2) is 0 Å². The second kappa shape index (κ2) is 20.8. The van der Waals surface area contributed by atoms with Gasteiger partial charge in [-0.05, 0) is 60.2 Å². The smallest absolute Gasteiger partial charge is 0.270 e. The lowest BCUT2D eigenvalue weighted by Gasteiger charge is -2.29. The van der Waals surface area contributed by atoms with Crippen LogP contribution in [0.15, 0.2) is 79.4 Å². The molecule has 4 amide bonds. The van der Waals surface area contributed by atoms with E-state index in [9.17, 15) is 29.4 Å². The van der Waals surface area contributed by atoms with Crippen molar-refractivity contribution in [2.75, 3.05) is 13.2 Å². The van der Waals surface area contributed by atoms with Gasteiger partial charge in [0.05, 0.1) is 37.5 Å². The van der Waals surface area contributed by atoms with Gasteiger partial charge in [-0.1, -0.05) is 68.8 Å². The average molecular weight is 729 g/mol. The van der Waals surface area contributed by atoms with Crippen molar-refractivity contribution in [3.63, 3.8) is 0 Å². The number of amides is 4. The number of unbranched alkanes of at least 4 members (excludes halogenated alkanes) is 1. The summed E-state index contributed by atoms with van der Waals surface area (Å²) < 4.78 is 0. The minimum atomic E-state index is -1.26. The first-order chi connectivity index (χ1) is 25.6. The Bertz CT molecular complexity index is 1750. The molecule has 2 heterocycles. The van der Waals surface area contributed by atoms with Gasteiger partial charge < -0.3 is 42.2 Å². The zero-order valence-corrected chi connectivity index (χ0v) is 30.3. The number of hydrogen-bond acceptors (Lipinski definition) is 9. The van der Waals surface area contributed by atoms with Gasteiger partial charge in [0.2, 0.25) is 17.7 Å². The maximum Gasteiger partial charge on any atom is 0.270 e. The third-order valence-electron chi connectivity index (χ3n) is 8.94. The van der Waals surface area contributed by atoms with Crippen LogP contribution >= 0.6 is 0 Å². The highest BCUT2D eigenvalue weighted by molar-refractivity contribution is 5.98. The van der Waals surface area contributed by atoms with E-state index in [4.69, 9.17) is 5.73 Å². The number of benzene rings is 2. The van der Waals surface area contributed by atoms with Crippen LogP contribution in [-0.2, 0) is 27.2 Å². The summed E-state index contributed by atoms with van der Waals surface area (Å²) in [5.74, 6) is -2.18. The number of pyridine rings is 1. The first-order valence-electron chi connectivity index (χ1n) is 18.1. The molecule has 0 saturated carbocycles. The van der Waals surface area contributed by atoms with Gasteiger partial charge in [0, 0.05) is 30.9 Å². The van der Waals surface area contributed by atoms with Crippen LogP contribution in [0.25, 0.3) is 10.8 Å². The lowest BCUT2D eigenvalue weighted by molar-refractivity contribution is -0.131. The number of nitrogens with one attached hydrogen (secondary N) is 5. The fourth-order valence-electron chi connectivity index (χ4n) is 6.19. The highest BCUT2D eigenvalue weighted by atomic mass is 16.3. The summed E-state index contributed by atoms with van der Waals surface area (Å²) >= 11 is 0. The molecule has 14 nitrogen and oxygen atoms in total. The van der Waals surface area contributed by atoms with E-state index in [0.717, 1.165) is 29.2 Å². The molecule has 0 saturated heterocycles. The number of aliphatic hydroxyl groups is 2. The van der Waals surface area contributed by atoms with Gasteiger partial charge in [-0.2, -0.15) is 0 Å². The lowest BCUT2D eigenvalue weighted by atomic mass is 9.96. The van der Waals surface area contributed by atoms with Crippen molar-refractivity contribution >= 4 is 34.4 Å². The van der Waals surface area contributed by atoms with Gasteiger partial charge in [-0.15, -0.1) is 0 Å². The molecule has 0 spiro atoms. The van der Waals surface area contributed by atoms with Crippen molar-refractivity contribution in [1.82, 2.24) is 36.2 Å². The highest BCUT2D eigenvalue weighted by Gasteiger charge is 2.32. The monoisotopic (exact) mass is 728 g/mol. The van der Waals surface area contributed by atoms with E-state index in [1.807, 2.05) is 56.3 Å². The van der Waals surface area contributed by atoms with Gasteiger partial charge in [0.1, 0.15) is 17.8 Å². The Morgan fingerprint density at radius 1 is 0.868 bits per heavy atom. The Morgan fingerprint density at radius 2 is 1.60 bits per heavy atom. The predicted octanol–water partition coefficient (Wildman–Crippen LogP) is 1.91. The number of aliphatic hydroxyl groups excluding tert-OH is 2. The Morgan fingerprint density at radius 3 is 2.30 bits per heavy atom. The first-order valence-corrected chi connectivity index (χ1v) is 18.1. The van der Waals surface area contributed by atoms with Gasteiger partial charge in [-0.3, -0.25) is 24.2 Å². The number of rotatable bonds is 21. The molecular weight excluding hydrogens is 676 g/mol. The van der Waals surface area contributed by atoms with Crippen molar-refractivity contribution in [3.8, 4) is 0 Å². The van der Waals surface area contributed by atoms with Crippen LogP contribution in [0.3, 0.4) is 0 Å². The zero-order chi connectivity index (χ0) is 38.2. The summed E-state index contributed by atoms with van der Waals surface area (Å²) in [5.41, 5.74) is 7.08. The average Bonchev–Trinajstić information content (AvgIpc) is 3.67. The lowest BCUT2D eigenvalue weighted by Crippen LogP contribution is -2.57. The normalized spacial score (nSPS) is 14.2. The van der Waals surface area contributed by atoms with Crippen LogP contribution < -0.4 is 27.0 Å². The molecule has 9 N–H and O–H groups in total. The van der Waals surface area contributed by atoms with Crippen LogP contribution in [0, 0.1) is 5.92 Å². The summed E-state index contributed by atoms with van der Waals surface area (Å²) in [4.78, 5) is 65.6. The Hall–Kier alpha value is -5.18. The predicted molar refractivity (Wildman–Crippen MR) is 201 cm³/mol. The molecule has 4 aromatic rings. The fourth-order valence-corrected chi connectivity index (χ4v) is 6.19. The van der Waals surface area contributed by atoms with Gasteiger partial charge in [-0.25, -0.2) is 4.98 Å². The van der Waals surface area contributed by atoms with Crippen LogP contribution in [-0.4, -0.2) is 92.2 Å². The van der Waals surface area contributed by atoms with Crippen molar-refractivity contribution in [2.45, 2.75) is 89.1 Å². The molecule has 5 atom stereocenters. The van der Waals surface area contributed by atoms with Crippen LogP contribution in [0.5, 0.6) is 0 Å². The Balaban J connectivity index is 1.55. The molecule has 0 aliphatic rings. The zero-order valence-electron chi connectivity index (χ0n) is 30.3. The molecule has 284 valence electrons. The summed E-state index contributed by atoms with van der Waals surface area (Å²) in [7, 11) is 0. The molecule has 2 aromatic carbocycles.